The fourth-order valence-electron chi connectivity index (χ4n) is 4.77. The van der Waals surface area contributed by atoms with Gasteiger partial charge in [-0.25, -0.2) is 23.4 Å². The molecular formula is C22H29N7O3S. The summed E-state index contributed by atoms with van der Waals surface area (Å²) in [5, 5.41) is 17.9. The Hall–Kier alpha value is -2.79. The smallest absolute Gasteiger partial charge is 0.151 e. The Morgan fingerprint density at radius 1 is 1.15 bits per heavy atom. The molecule has 1 aliphatic carbocycles. The summed E-state index contributed by atoms with van der Waals surface area (Å²) in [6.07, 6.45) is 9.26. The molecule has 1 saturated carbocycles. The Labute approximate surface area is 192 Å². The fraction of sp³-hybridized carbons (Fsp3) is 0.545. The van der Waals surface area contributed by atoms with Crippen LogP contribution < -0.4 is 11.1 Å². The molecule has 0 aromatic carbocycles. The minimum Gasteiger partial charge on any atom is -0.393 e. The number of aromatic nitrogens is 5. The molecule has 1 aliphatic heterocycles. The van der Waals surface area contributed by atoms with Crippen LogP contribution in [-0.4, -0.2) is 61.9 Å². The highest BCUT2D eigenvalue weighted by Crippen LogP contribution is 2.33. The molecule has 3 aromatic heterocycles. The molecule has 5 rings (SSSR count). The van der Waals surface area contributed by atoms with Gasteiger partial charge in [0.1, 0.15) is 26.7 Å². The van der Waals surface area contributed by atoms with Crippen LogP contribution in [-0.2, 0) is 16.3 Å². The summed E-state index contributed by atoms with van der Waals surface area (Å²) in [6.45, 7) is 2.02. The van der Waals surface area contributed by atoms with Crippen LogP contribution >= 0.6 is 0 Å². The second kappa shape index (κ2) is 8.53. The van der Waals surface area contributed by atoms with Crippen LogP contribution in [0.1, 0.15) is 50.8 Å². The Morgan fingerprint density at radius 2 is 1.94 bits per heavy atom. The maximum Gasteiger partial charge on any atom is 0.151 e. The van der Waals surface area contributed by atoms with Gasteiger partial charge in [0.2, 0.25) is 0 Å². The van der Waals surface area contributed by atoms with E-state index in [1.165, 1.54) is 0 Å². The van der Waals surface area contributed by atoms with Crippen molar-refractivity contribution in [1.82, 2.24) is 24.7 Å². The van der Waals surface area contributed by atoms with Gasteiger partial charge in [-0.15, -0.1) is 0 Å². The molecule has 33 heavy (non-hydrogen) atoms. The molecule has 4 heterocycles. The van der Waals surface area contributed by atoms with Gasteiger partial charge in [0.15, 0.2) is 5.82 Å². The highest BCUT2D eigenvalue weighted by Gasteiger charge is 2.27. The van der Waals surface area contributed by atoms with Gasteiger partial charge >= 0.3 is 0 Å². The zero-order chi connectivity index (χ0) is 23.2. The average Bonchev–Trinajstić information content (AvgIpc) is 3.43. The Morgan fingerprint density at radius 3 is 2.64 bits per heavy atom. The highest BCUT2D eigenvalue weighted by molar-refractivity contribution is 7.91. The fourth-order valence-corrected chi connectivity index (χ4v) is 6.23. The number of nitrogens with zero attached hydrogens (tertiary/aromatic N) is 5. The number of nitrogens with two attached hydrogens (primary N) is 1. The minimum atomic E-state index is -2.93. The minimum absolute atomic E-state index is 0.0547. The van der Waals surface area contributed by atoms with E-state index < -0.39 is 9.84 Å². The monoisotopic (exact) mass is 471 g/mol. The zero-order valence-corrected chi connectivity index (χ0v) is 19.4. The number of hydrogen-bond acceptors (Lipinski definition) is 9. The lowest BCUT2D eigenvalue weighted by molar-refractivity contribution is 0.182. The molecule has 3 aromatic rings. The lowest BCUT2D eigenvalue weighted by Gasteiger charge is -2.22. The van der Waals surface area contributed by atoms with Crippen LogP contribution in [0.3, 0.4) is 0 Å². The summed E-state index contributed by atoms with van der Waals surface area (Å²) in [4.78, 5) is 14.1. The molecule has 1 saturated heterocycles. The van der Waals surface area contributed by atoms with Crippen molar-refractivity contribution in [3.8, 4) is 11.1 Å². The van der Waals surface area contributed by atoms with Crippen LogP contribution in [0.25, 0.3) is 22.2 Å². The highest BCUT2D eigenvalue weighted by atomic mass is 32.2. The van der Waals surface area contributed by atoms with Crippen molar-refractivity contribution < 1.29 is 13.5 Å². The largest absolute Gasteiger partial charge is 0.393 e. The summed E-state index contributed by atoms with van der Waals surface area (Å²) in [6, 6.07) is 0.212. The standard InChI is InChI=1S/C22H29N7O3S/c1-2-18-22(26-14-3-4-16(30)9-14)28-19-17(11-24-21(23)20(19)27-18)13-10-25-29(12-13)15-5-7-33(31,32)8-6-15/h10-12,14-16,30H,2-9H2,1H3,(H2,23,24)(H,26,28)/t14-,16+/m1/s1. The van der Waals surface area contributed by atoms with Crippen molar-refractivity contribution in [2.75, 3.05) is 22.6 Å². The summed E-state index contributed by atoms with van der Waals surface area (Å²) in [5.41, 5.74) is 9.78. The number of aliphatic hydroxyl groups excluding tert-OH is 1. The Kier molecular flexibility index (Phi) is 5.69. The van der Waals surface area contributed by atoms with E-state index in [2.05, 4.69) is 15.4 Å². The van der Waals surface area contributed by atoms with E-state index in [0.29, 0.717) is 48.4 Å². The summed E-state index contributed by atoms with van der Waals surface area (Å²) < 4.78 is 25.4. The maximum atomic E-state index is 11.8. The lowest BCUT2D eigenvalue weighted by atomic mass is 10.1. The summed E-state index contributed by atoms with van der Waals surface area (Å²) in [5.74, 6) is 1.41. The van der Waals surface area contributed by atoms with Gasteiger partial charge in [-0.3, -0.25) is 4.68 Å². The third-order valence-corrected chi connectivity index (χ3v) is 8.41. The first-order valence-corrected chi connectivity index (χ1v) is 13.3. The first-order valence-electron chi connectivity index (χ1n) is 11.5. The third-order valence-electron chi connectivity index (χ3n) is 6.69. The van der Waals surface area contributed by atoms with Crippen molar-refractivity contribution >= 4 is 32.5 Å². The van der Waals surface area contributed by atoms with Gasteiger partial charge < -0.3 is 16.2 Å². The molecule has 2 aliphatic rings. The third kappa shape index (κ3) is 4.39. The van der Waals surface area contributed by atoms with Crippen LogP contribution in [0.15, 0.2) is 18.6 Å². The van der Waals surface area contributed by atoms with E-state index in [0.717, 1.165) is 29.7 Å². The van der Waals surface area contributed by atoms with Crippen LogP contribution in [0.4, 0.5) is 11.6 Å². The van der Waals surface area contributed by atoms with Gasteiger partial charge in [-0.05, 0) is 38.5 Å². The number of nitrogens with one attached hydrogen (secondary N) is 1. The number of hydrogen-bond donors (Lipinski definition) is 3. The second-order valence-electron chi connectivity index (χ2n) is 9.03. The lowest BCUT2D eigenvalue weighted by Crippen LogP contribution is -2.25. The number of fused-ring (bicyclic) bond motifs is 1. The van der Waals surface area contributed by atoms with Crippen molar-refractivity contribution in [2.24, 2.45) is 0 Å². The van der Waals surface area contributed by atoms with Gasteiger partial charge in [-0.2, -0.15) is 5.10 Å². The Balaban J connectivity index is 1.51. The van der Waals surface area contributed by atoms with E-state index >= 15 is 0 Å². The number of pyridine rings is 1. The second-order valence-corrected chi connectivity index (χ2v) is 11.3. The zero-order valence-electron chi connectivity index (χ0n) is 18.6. The molecule has 176 valence electrons. The SMILES string of the molecule is CCc1nc2c(N)ncc(-c3cnn(C4CCS(=O)(=O)CC4)c3)c2nc1N[C@@H]1CC[C@H](O)C1. The van der Waals surface area contributed by atoms with Crippen molar-refractivity contribution in [1.29, 1.82) is 0 Å². The van der Waals surface area contributed by atoms with E-state index in [1.54, 1.807) is 12.4 Å². The van der Waals surface area contributed by atoms with E-state index in [4.69, 9.17) is 15.7 Å². The molecule has 0 radical (unpaired) electrons. The van der Waals surface area contributed by atoms with Crippen molar-refractivity contribution in [3.63, 3.8) is 0 Å². The average molecular weight is 472 g/mol. The summed E-state index contributed by atoms with van der Waals surface area (Å²) >= 11 is 0. The quantitative estimate of drug-likeness (QED) is 0.508. The van der Waals surface area contributed by atoms with Crippen molar-refractivity contribution in [3.05, 3.63) is 24.3 Å². The molecule has 4 N–H and O–H groups in total. The van der Waals surface area contributed by atoms with Gasteiger partial charge in [0.05, 0.1) is 35.5 Å². The van der Waals surface area contributed by atoms with Gasteiger partial charge in [0, 0.05) is 29.6 Å². The molecule has 2 atom stereocenters. The molecule has 11 heteroatoms. The summed E-state index contributed by atoms with van der Waals surface area (Å²) in [7, 11) is -2.93. The number of anilines is 2. The van der Waals surface area contributed by atoms with Crippen LogP contribution in [0, 0.1) is 0 Å². The van der Waals surface area contributed by atoms with E-state index in [1.807, 2.05) is 17.8 Å². The van der Waals surface area contributed by atoms with Gasteiger partial charge in [-0.1, -0.05) is 6.92 Å². The van der Waals surface area contributed by atoms with E-state index in [-0.39, 0.29) is 29.7 Å². The molecular weight excluding hydrogens is 442 g/mol. The first-order chi connectivity index (χ1) is 15.8. The molecule has 0 bridgehead atoms. The molecule has 0 unspecified atom stereocenters. The number of aliphatic hydroxyl groups is 1. The van der Waals surface area contributed by atoms with E-state index in [9.17, 15) is 13.5 Å². The van der Waals surface area contributed by atoms with Crippen LogP contribution in [0.5, 0.6) is 0 Å². The van der Waals surface area contributed by atoms with Crippen molar-refractivity contribution in [2.45, 2.75) is 63.6 Å². The maximum absolute atomic E-state index is 11.8. The molecule has 2 fully saturated rings. The predicted molar refractivity (Wildman–Crippen MR) is 127 cm³/mol. The molecule has 10 nitrogen and oxygen atoms in total. The predicted octanol–water partition coefficient (Wildman–Crippen LogP) is 2.11. The van der Waals surface area contributed by atoms with Crippen LogP contribution in [0.2, 0.25) is 0 Å². The molecule has 0 amide bonds. The number of nitrogen functional groups attached to an aromatic ring is 1. The molecule has 0 spiro atoms. The number of aryl methyl sites for hydroxylation is 1. The van der Waals surface area contributed by atoms with Gasteiger partial charge in [0.25, 0.3) is 0 Å². The normalized spacial score (nSPS) is 23.2. The number of rotatable bonds is 5. The first kappa shape index (κ1) is 22.0. The topological polar surface area (TPSA) is 149 Å². The Bertz CT molecular complexity index is 1280. The number of sulfone groups is 1.